The van der Waals surface area contributed by atoms with Gasteiger partial charge >= 0.3 is 5.63 Å². The minimum atomic E-state index is -0.377. The topological polar surface area (TPSA) is 50.4 Å². The number of hydrogen-bond donors (Lipinski definition) is 1. The maximum Gasteiger partial charge on any atom is 0.343 e. The van der Waals surface area contributed by atoms with E-state index in [-0.39, 0.29) is 11.4 Å². The fourth-order valence-corrected chi connectivity index (χ4v) is 3.86. The van der Waals surface area contributed by atoms with Crippen LogP contribution in [0.25, 0.3) is 0 Å². The Morgan fingerprint density at radius 1 is 1.19 bits per heavy atom. The standard InChI is InChI=1S/C17H20O3S/c1-11-8-9-12(21-11)10-14-16(18)13-6-4-2-3-5-7-15(13)20-17(14)19/h8-9,18H,2-7,10H2,1H3. The molecule has 2 aromatic rings. The Balaban J connectivity index is 2.00. The molecule has 0 aromatic carbocycles. The van der Waals surface area contributed by atoms with Gasteiger partial charge in [-0.3, -0.25) is 0 Å². The van der Waals surface area contributed by atoms with Crippen LogP contribution in [0, 0.1) is 6.92 Å². The summed E-state index contributed by atoms with van der Waals surface area (Å²) in [6.45, 7) is 2.04. The van der Waals surface area contributed by atoms with Gasteiger partial charge in [0, 0.05) is 28.2 Å². The molecule has 0 atom stereocenters. The predicted octanol–water partition coefficient (Wildman–Crippen LogP) is 3.97. The predicted molar refractivity (Wildman–Crippen MR) is 84.4 cm³/mol. The Hall–Kier alpha value is -1.55. The molecule has 0 saturated carbocycles. The van der Waals surface area contributed by atoms with Crippen LogP contribution in [0.4, 0.5) is 0 Å². The van der Waals surface area contributed by atoms with Crippen molar-refractivity contribution in [3.8, 4) is 5.75 Å². The van der Waals surface area contributed by atoms with E-state index in [1.807, 2.05) is 19.1 Å². The average Bonchev–Trinajstić information content (AvgIpc) is 2.83. The molecule has 0 spiro atoms. The van der Waals surface area contributed by atoms with Crippen LogP contribution < -0.4 is 5.63 Å². The zero-order chi connectivity index (χ0) is 14.8. The van der Waals surface area contributed by atoms with Crippen molar-refractivity contribution in [3.63, 3.8) is 0 Å². The second kappa shape index (κ2) is 6.06. The van der Waals surface area contributed by atoms with Gasteiger partial charge in [-0.2, -0.15) is 0 Å². The Morgan fingerprint density at radius 3 is 2.67 bits per heavy atom. The lowest BCUT2D eigenvalue weighted by Gasteiger charge is -2.15. The van der Waals surface area contributed by atoms with E-state index in [9.17, 15) is 9.90 Å². The van der Waals surface area contributed by atoms with Gasteiger partial charge in [-0.1, -0.05) is 12.8 Å². The molecule has 2 aromatic heterocycles. The summed E-state index contributed by atoms with van der Waals surface area (Å²) in [6, 6.07) is 4.04. The minimum absolute atomic E-state index is 0.175. The first-order valence-corrected chi connectivity index (χ1v) is 8.39. The second-order valence-electron chi connectivity index (χ2n) is 5.72. The summed E-state index contributed by atoms with van der Waals surface area (Å²) < 4.78 is 5.52. The van der Waals surface area contributed by atoms with Crippen LogP contribution in [0.15, 0.2) is 21.3 Å². The van der Waals surface area contributed by atoms with Crippen LogP contribution in [0.3, 0.4) is 0 Å². The highest BCUT2D eigenvalue weighted by atomic mass is 32.1. The first-order chi connectivity index (χ1) is 10.1. The third kappa shape index (κ3) is 3.05. The molecule has 3 nitrogen and oxygen atoms in total. The molecule has 0 amide bonds. The Labute approximate surface area is 128 Å². The quantitative estimate of drug-likeness (QED) is 0.913. The molecule has 0 aliphatic heterocycles. The second-order valence-corrected chi connectivity index (χ2v) is 7.09. The van der Waals surface area contributed by atoms with Crippen LogP contribution in [0.1, 0.15) is 52.3 Å². The summed E-state index contributed by atoms with van der Waals surface area (Å²) in [4.78, 5) is 14.5. The summed E-state index contributed by atoms with van der Waals surface area (Å²) in [5, 5.41) is 10.5. The van der Waals surface area contributed by atoms with E-state index in [0.717, 1.165) is 36.1 Å². The molecule has 0 bridgehead atoms. The third-order valence-electron chi connectivity index (χ3n) is 4.10. The van der Waals surface area contributed by atoms with Crippen LogP contribution >= 0.6 is 11.3 Å². The van der Waals surface area contributed by atoms with E-state index in [1.54, 1.807) is 11.3 Å². The lowest BCUT2D eigenvalue weighted by Crippen LogP contribution is -2.13. The van der Waals surface area contributed by atoms with Crippen molar-refractivity contribution in [1.82, 2.24) is 0 Å². The molecular weight excluding hydrogens is 284 g/mol. The van der Waals surface area contributed by atoms with Crippen molar-refractivity contribution in [2.45, 2.75) is 51.9 Å². The number of fused-ring (bicyclic) bond motifs is 1. The van der Waals surface area contributed by atoms with Gasteiger partial charge in [0.05, 0.1) is 5.56 Å². The highest BCUT2D eigenvalue weighted by Gasteiger charge is 2.20. The summed E-state index contributed by atoms with van der Waals surface area (Å²) in [6.07, 6.45) is 6.44. The molecule has 0 unspecified atom stereocenters. The van der Waals surface area contributed by atoms with E-state index in [1.165, 1.54) is 17.7 Å². The van der Waals surface area contributed by atoms with Crippen LogP contribution in [-0.4, -0.2) is 5.11 Å². The smallest absolute Gasteiger partial charge is 0.343 e. The highest BCUT2D eigenvalue weighted by Crippen LogP contribution is 2.31. The third-order valence-corrected chi connectivity index (χ3v) is 5.10. The normalized spacial score (nSPS) is 15.3. The van der Waals surface area contributed by atoms with Crippen molar-refractivity contribution in [2.75, 3.05) is 0 Å². The van der Waals surface area contributed by atoms with E-state index in [0.29, 0.717) is 17.7 Å². The monoisotopic (exact) mass is 304 g/mol. The molecule has 0 fully saturated rings. The van der Waals surface area contributed by atoms with Gasteiger partial charge in [-0.25, -0.2) is 4.79 Å². The largest absolute Gasteiger partial charge is 0.507 e. The van der Waals surface area contributed by atoms with Crippen LogP contribution in [0.2, 0.25) is 0 Å². The number of rotatable bonds is 2. The lowest BCUT2D eigenvalue weighted by atomic mass is 9.95. The molecule has 0 radical (unpaired) electrons. The van der Waals surface area contributed by atoms with Crippen molar-refractivity contribution < 1.29 is 9.52 Å². The zero-order valence-electron chi connectivity index (χ0n) is 12.3. The fourth-order valence-electron chi connectivity index (χ4n) is 2.96. The SMILES string of the molecule is Cc1ccc(Cc2c(O)c3c(oc2=O)CCCCCC3)s1. The minimum Gasteiger partial charge on any atom is -0.507 e. The molecular formula is C17H20O3S. The molecule has 1 aliphatic rings. The van der Waals surface area contributed by atoms with Crippen LogP contribution in [0.5, 0.6) is 5.75 Å². The van der Waals surface area contributed by atoms with Crippen LogP contribution in [-0.2, 0) is 19.3 Å². The van der Waals surface area contributed by atoms with Crippen molar-refractivity contribution >= 4 is 11.3 Å². The van der Waals surface area contributed by atoms with Gasteiger partial charge in [0.25, 0.3) is 0 Å². The molecule has 4 heteroatoms. The van der Waals surface area contributed by atoms with E-state index in [2.05, 4.69) is 0 Å². The maximum atomic E-state index is 12.2. The average molecular weight is 304 g/mol. The van der Waals surface area contributed by atoms with E-state index < -0.39 is 0 Å². The summed E-state index contributed by atoms with van der Waals surface area (Å²) in [5.74, 6) is 0.873. The van der Waals surface area contributed by atoms with Crippen molar-refractivity contribution in [1.29, 1.82) is 0 Å². The summed E-state index contributed by atoms with van der Waals surface area (Å²) >= 11 is 1.65. The first kappa shape index (κ1) is 14.4. The van der Waals surface area contributed by atoms with Gasteiger partial charge in [0.2, 0.25) is 0 Å². The number of aryl methyl sites for hydroxylation is 2. The molecule has 112 valence electrons. The Kier molecular flexibility index (Phi) is 4.15. The Bertz CT molecular complexity index is 697. The van der Waals surface area contributed by atoms with Gasteiger partial charge in [-0.15, -0.1) is 11.3 Å². The first-order valence-electron chi connectivity index (χ1n) is 7.57. The van der Waals surface area contributed by atoms with Gasteiger partial charge in [0.15, 0.2) is 0 Å². The molecule has 1 N–H and O–H groups in total. The number of hydrogen-bond acceptors (Lipinski definition) is 4. The zero-order valence-corrected chi connectivity index (χ0v) is 13.1. The fraction of sp³-hybridized carbons (Fsp3) is 0.471. The van der Waals surface area contributed by atoms with E-state index in [4.69, 9.17) is 4.42 Å². The molecule has 2 heterocycles. The molecule has 0 saturated heterocycles. The molecule has 1 aliphatic carbocycles. The Morgan fingerprint density at radius 2 is 1.95 bits per heavy atom. The highest BCUT2D eigenvalue weighted by molar-refractivity contribution is 7.11. The van der Waals surface area contributed by atoms with Gasteiger partial charge in [-0.05, 0) is 38.3 Å². The van der Waals surface area contributed by atoms with Gasteiger partial charge in [0.1, 0.15) is 11.5 Å². The number of aromatic hydroxyl groups is 1. The summed E-state index contributed by atoms with van der Waals surface area (Å²) in [5.41, 5.74) is 0.895. The number of thiophene rings is 1. The molecule has 21 heavy (non-hydrogen) atoms. The van der Waals surface area contributed by atoms with Gasteiger partial charge < -0.3 is 9.52 Å². The van der Waals surface area contributed by atoms with E-state index >= 15 is 0 Å². The maximum absolute atomic E-state index is 12.2. The van der Waals surface area contributed by atoms with Crippen molar-refractivity contribution in [3.05, 3.63) is 49.2 Å². The molecule has 3 rings (SSSR count). The lowest BCUT2D eigenvalue weighted by molar-refractivity contribution is 0.390. The summed E-state index contributed by atoms with van der Waals surface area (Å²) in [7, 11) is 0. The van der Waals surface area contributed by atoms with Crippen molar-refractivity contribution in [2.24, 2.45) is 0 Å².